The van der Waals surface area contributed by atoms with Gasteiger partial charge >= 0.3 is 0 Å². The van der Waals surface area contributed by atoms with E-state index in [2.05, 4.69) is 0 Å². The van der Waals surface area contributed by atoms with Gasteiger partial charge < -0.3 is 22.9 Å². The van der Waals surface area contributed by atoms with Gasteiger partial charge in [0.2, 0.25) is 0 Å². The van der Waals surface area contributed by atoms with Crippen molar-refractivity contribution in [2.45, 2.75) is 12.3 Å². The maximum absolute atomic E-state index is 5.79. The lowest BCUT2D eigenvalue weighted by Crippen LogP contribution is -2.15. The molecule has 0 aromatic heterocycles. The third-order valence-electron chi connectivity index (χ3n) is 2.84. The summed E-state index contributed by atoms with van der Waals surface area (Å²) in [7, 11) is 0. The normalized spacial score (nSPS) is 20.1. The fourth-order valence-electron chi connectivity index (χ4n) is 1.81. The molecule has 0 fully saturated rings. The molecule has 0 radical (unpaired) electrons. The molecule has 1 aromatic rings. The Morgan fingerprint density at radius 3 is 2.31 bits per heavy atom. The molecular formula is C12H16N4. The van der Waals surface area contributed by atoms with E-state index in [0.717, 1.165) is 12.0 Å². The number of anilines is 2. The average Bonchev–Trinajstić information content (AvgIpc) is 2.26. The van der Waals surface area contributed by atoms with E-state index >= 15 is 0 Å². The van der Waals surface area contributed by atoms with Crippen LogP contribution in [0.5, 0.6) is 0 Å². The predicted octanol–water partition coefficient (Wildman–Crippen LogP) is 1.02. The van der Waals surface area contributed by atoms with E-state index in [1.807, 2.05) is 30.4 Å². The first-order valence-corrected chi connectivity index (χ1v) is 5.16. The van der Waals surface area contributed by atoms with E-state index in [9.17, 15) is 0 Å². The molecule has 16 heavy (non-hydrogen) atoms. The molecule has 0 aliphatic heterocycles. The van der Waals surface area contributed by atoms with Crippen LogP contribution in [0.15, 0.2) is 41.7 Å². The molecule has 84 valence electrons. The van der Waals surface area contributed by atoms with Crippen molar-refractivity contribution in [3.05, 3.63) is 47.3 Å². The summed E-state index contributed by atoms with van der Waals surface area (Å²) in [6, 6.07) is 5.67. The summed E-state index contributed by atoms with van der Waals surface area (Å²) < 4.78 is 0. The lowest BCUT2D eigenvalue weighted by atomic mass is 9.90. The zero-order valence-electron chi connectivity index (χ0n) is 8.98. The van der Waals surface area contributed by atoms with Crippen molar-refractivity contribution in [2.75, 3.05) is 11.5 Å². The SMILES string of the molecule is NC1=CCC(c2ccc(N)c(N)c2)C=C1N. The van der Waals surface area contributed by atoms with Crippen molar-refractivity contribution in [3.8, 4) is 0 Å². The summed E-state index contributed by atoms with van der Waals surface area (Å²) in [6.45, 7) is 0. The second-order valence-electron chi connectivity index (χ2n) is 4.01. The number of hydrogen-bond acceptors (Lipinski definition) is 4. The van der Waals surface area contributed by atoms with E-state index in [0.29, 0.717) is 22.8 Å². The molecule has 1 atom stereocenters. The van der Waals surface area contributed by atoms with Crippen molar-refractivity contribution in [1.82, 2.24) is 0 Å². The van der Waals surface area contributed by atoms with Crippen LogP contribution in [0.25, 0.3) is 0 Å². The molecule has 0 spiro atoms. The van der Waals surface area contributed by atoms with Gasteiger partial charge in [-0.3, -0.25) is 0 Å². The van der Waals surface area contributed by atoms with Crippen molar-refractivity contribution < 1.29 is 0 Å². The quantitative estimate of drug-likeness (QED) is 0.526. The van der Waals surface area contributed by atoms with Gasteiger partial charge in [-0.2, -0.15) is 0 Å². The molecule has 4 nitrogen and oxygen atoms in total. The summed E-state index contributed by atoms with van der Waals surface area (Å²) in [5.41, 5.74) is 26.5. The van der Waals surface area contributed by atoms with Gasteiger partial charge in [-0.25, -0.2) is 0 Å². The van der Waals surface area contributed by atoms with Crippen molar-refractivity contribution in [1.29, 1.82) is 0 Å². The third-order valence-corrected chi connectivity index (χ3v) is 2.84. The van der Waals surface area contributed by atoms with Crippen molar-refractivity contribution in [2.24, 2.45) is 11.5 Å². The highest BCUT2D eigenvalue weighted by atomic mass is 14.7. The molecule has 2 rings (SSSR count). The Morgan fingerprint density at radius 1 is 0.938 bits per heavy atom. The summed E-state index contributed by atoms with van der Waals surface area (Å²) in [6.07, 6.45) is 4.74. The Bertz CT molecular complexity index is 474. The first-order chi connectivity index (χ1) is 7.58. The largest absolute Gasteiger partial charge is 0.397 e. The van der Waals surface area contributed by atoms with Gasteiger partial charge in [0.15, 0.2) is 0 Å². The summed E-state index contributed by atoms with van der Waals surface area (Å²) in [4.78, 5) is 0. The number of allylic oxidation sites excluding steroid dienone is 2. The number of rotatable bonds is 1. The first kappa shape index (κ1) is 10.4. The summed E-state index contributed by atoms with van der Waals surface area (Å²) in [5, 5.41) is 0. The van der Waals surface area contributed by atoms with Gasteiger partial charge in [0.05, 0.1) is 22.8 Å². The van der Waals surface area contributed by atoms with Crippen LogP contribution >= 0.6 is 0 Å². The van der Waals surface area contributed by atoms with Crippen LogP contribution in [0.4, 0.5) is 11.4 Å². The topological polar surface area (TPSA) is 104 Å². The van der Waals surface area contributed by atoms with Crippen LogP contribution in [-0.4, -0.2) is 0 Å². The maximum Gasteiger partial charge on any atom is 0.0550 e. The molecule has 1 aromatic carbocycles. The molecule has 1 aliphatic rings. The zero-order chi connectivity index (χ0) is 11.7. The van der Waals surface area contributed by atoms with Crippen molar-refractivity contribution in [3.63, 3.8) is 0 Å². The zero-order valence-corrected chi connectivity index (χ0v) is 8.98. The Balaban J connectivity index is 2.30. The molecule has 4 heteroatoms. The van der Waals surface area contributed by atoms with Gasteiger partial charge in [-0.05, 0) is 24.1 Å². The maximum atomic E-state index is 5.79. The highest BCUT2D eigenvalue weighted by molar-refractivity contribution is 5.64. The van der Waals surface area contributed by atoms with Crippen LogP contribution in [0.1, 0.15) is 17.9 Å². The van der Waals surface area contributed by atoms with E-state index < -0.39 is 0 Å². The predicted molar refractivity (Wildman–Crippen MR) is 67.2 cm³/mol. The molecule has 8 N–H and O–H groups in total. The Morgan fingerprint density at radius 2 is 1.69 bits per heavy atom. The van der Waals surface area contributed by atoms with E-state index in [-0.39, 0.29) is 5.92 Å². The average molecular weight is 216 g/mol. The van der Waals surface area contributed by atoms with Crippen LogP contribution in [0.3, 0.4) is 0 Å². The number of hydrogen-bond donors (Lipinski definition) is 4. The van der Waals surface area contributed by atoms with Crippen LogP contribution in [-0.2, 0) is 0 Å². The van der Waals surface area contributed by atoms with Gasteiger partial charge in [0.1, 0.15) is 0 Å². The Labute approximate surface area is 94.6 Å². The fraction of sp³-hybridized carbons (Fsp3) is 0.167. The molecule has 0 saturated carbocycles. The molecule has 0 saturated heterocycles. The number of benzene rings is 1. The third kappa shape index (κ3) is 1.82. The fourth-order valence-corrected chi connectivity index (χ4v) is 1.81. The highest BCUT2D eigenvalue weighted by Crippen LogP contribution is 2.30. The number of nitrogens with two attached hydrogens (primary N) is 4. The summed E-state index contributed by atoms with van der Waals surface area (Å²) in [5.74, 6) is 0.232. The molecule has 0 heterocycles. The minimum Gasteiger partial charge on any atom is -0.397 e. The molecule has 1 unspecified atom stereocenters. The Hall–Kier alpha value is -2.10. The van der Waals surface area contributed by atoms with Gasteiger partial charge in [0, 0.05) is 5.92 Å². The second-order valence-corrected chi connectivity index (χ2v) is 4.01. The van der Waals surface area contributed by atoms with E-state index in [1.165, 1.54) is 0 Å². The van der Waals surface area contributed by atoms with Gasteiger partial charge in [-0.15, -0.1) is 0 Å². The van der Waals surface area contributed by atoms with Gasteiger partial charge in [-0.1, -0.05) is 18.2 Å². The standard InChI is InChI=1S/C12H16N4/c13-9-3-1-7(5-11(9)15)8-2-4-10(14)12(16)6-8/h1,3-6,8H,2,13-16H2. The van der Waals surface area contributed by atoms with Crippen molar-refractivity contribution >= 4 is 11.4 Å². The molecule has 1 aliphatic carbocycles. The lowest BCUT2D eigenvalue weighted by molar-refractivity contribution is 0.826. The monoisotopic (exact) mass is 216 g/mol. The minimum atomic E-state index is 0.232. The van der Waals surface area contributed by atoms with Gasteiger partial charge in [0.25, 0.3) is 0 Å². The molecule has 0 bridgehead atoms. The smallest absolute Gasteiger partial charge is 0.0550 e. The second kappa shape index (κ2) is 3.81. The molecule has 0 amide bonds. The first-order valence-electron chi connectivity index (χ1n) is 5.16. The molecular weight excluding hydrogens is 200 g/mol. The Kier molecular flexibility index (Phi) is 2.48. The highest BCUT2D eigenvalue weighted by Gasteiger charge is 2.14. The minimum absolute atomic E-state index is 0.232. The van der Waals surface area contributed by atoms with Crippen LogP contribution in [0.2, 0.25) is 0 Å². The lowest BCUT2D eigenvalue weighted by Gasteiger charge is -2.18. The van der Waals surface area contributed by atoms with Crippen LogP contribution < -0.4 is 22.9 Å². The summed E-state index contributed by atoms with van der Waals surface area (Å²) >= 11 is 0. The van der Waals surface area contributed by atoms with E-state index in [1.54, 1.807) is 0 Å². The number of nitrogen functional groups attached to an aromatic ring is 2. The van der Waals surface area contributed by atoms with Crippen LogP contribution in [0, 0.1) is 0 Å². The van der Waals surface area contributed by atoms with E-state index in [4.69, 9.17) is 22.9 Å².